The molecule has 2 aromatic rings. The van der Waals surface area contributed by atoms with E-state index in [9.17, 15) is 43.5 Å². The summed E-state index contributed by atoms with van der Waals surface area (Å²) in [6, 6.07) is 2.97. The number of ketones is 1. The van der Waals surface area contributed by atoms with E-state index in [1.165, 1.54) is 14.2 Å². The molecule has 19 nitrogen and oxygen atoms in total. The minimum atomic E-state index is -1.20. The summed E-state index contributed by atoms with van der Waals surface area (Å²) in [6.07, 6.45) is 4.85. The van der Waals surface area contributed by atoms with E-state index in [4.69, 9.17) is 15.2 Å². The number of nitrogens with one attached hydrogen (secondary N) is 3. The van der Waals surface area contributed by atoms with E-state index in [-0.39, 0.29) is 72.9 Å². The molecule has 2 aliphatic rings. The van der Waals surface area contributed by atoms with Crippen LogP contribution < -0.4 is 16.4 Å². The third-order valence-electron chi connectivity index (χ3n) is 15.4. The molecule has 2 aliphatic heterocycles. The standard InChI is InChI=1S/C54H86N8O11S/c1-12-33(6)47(42(72-10)28-44(64)61-25-19-22-41(61)49(73-11)34(7)50(66)57-40(54(70)71)26-35-29-56-39-21-16-15-20-36(35)39)60(9)53(69)45(31(2)3)58-51(67)46(32(4)5)59(8)23-17-13-14-18-24-62-43(63)27-37(52(62)68)48(65)38(55)30-74/h15-16,20-21,29,31-34,37-38,40-42,45-47,49,56,74H,12-14,17-19,22-28,30,55H2,1-11H3,(H,57,66)(H,58,67)(H,70,71)/t33-,34+,37?,38-,40-,41-,42+,45-,46-,47-,49+/m0/s1. The van der Waals surface area contributed by atoms with Gasteiger partial charge in [0.1, 0.15) is 18.0 Å². The number of imide groups is 1. The van der Waals surface area contributed by atoms with Crippen LogP contribution in [0.2, 0.25) is 0 Å². The molecule has 0 radical (unpaired) electrons. The molecular formula is C54H86N8O11S. The maximum absolute atomic E-state index is 14.7. The maximum Gasteiger partial charge on any atom is 0.326 e. The number of H-pyrrole nitrogens is 1. The number of benzene rings is 1. The van der Waals surface area contributed by atoms with Gasteiger partial charge in [-0.2, -0.15) is 12.6 Å². The summed E-state index contributed by atoms with van der Waals surface area (Å²) in [5.41, 5.74) is 7.41. The van der Waals surface area contributed by atoms with E-state index in [2.05, 4.69) is 28.2 Å². The first-order valence-electron chi connectivity index (χ1n) is 26.5. The molecule has 74 heavy (non-hydrogen) atoms. The molecule has 3 heterocycles. The fraction of sp³-hybridized carbons (Fsp3) is 0.704. The molecule has 2 fully saturated rings. The van der Waals surface area contributed by atoms with Gasteiger partial charge in [0, 0.05) is 70.1 Å². The van der Waals surface area contributed by atoms with Gasteiger partial charge in [0.15, 0.2) is 5.78 Å². The first-order chi connectivity index (χ1) is 35.0. The van der Waals surface area contributed by atoms with Crippen molar-refractivity contribution in [1.82, 2.24) is 35.2 Å². The van der Waals surface area contributed by atoms with Gasteiger partial charge in [-0.05, 0) is 68.7 Å². The highest BCUT2D eigenvalue weighted by Gasteiger charge is 2.45. The Bertz CT molecular complexity index is 2240. The van der Waals surface area contributed by atoms with Crippen molar-refractivity contribution >= 4 is 70.7 Å². The average Bonchev–Trinajstić information content (AvgIpc) is 4.09. The van der Waals surface area contributed by atoms with Crippen LogP contribution in [0.25, 0.3) is 10.9 Å². The largest absolute Gasteiger partial charge is 0.480 e. The van der Waals surface area contributed by atoms with E-state index >= 15 is 0 Å². The zero-order valence-electron chi connectivity index (χ0n) is 45.6. The average molecular weight is 1060 g/mol. The second-order valence-electron chi connectivity index (χ2n) is 21.2. The smallest absolute Gasteiger partial charge is 0.326 e. The molecule has 1 unspecified atom stereocenters. The van der Waals surface area contributed by atoms with E-state index in [1.807, 2.05) is 77.8 Å². The number of aliphatic carboxylic acids is 1. The van der Waals surface area contributed by atoms with Crippen molar-refractivity contribution in [3.05, 3.63) is 36.0 Å². The number of aromatic nitrogens is 1. The van der Waals surface area contributed by atoms with Crippen LogP contribution in [0.15, 0.2) is 30.5 Å². The van der Waals surface area contributed by atoms with E-state index in [0.29, 0.717) is 38.8 Å². The Morgan fingerprint density at radius 2 is 1.61 bits per heavy atom. The number of unbranched alkanes of at least 4 members (excludes halogenated alkanes) is 3. The van der Waals surface area contributed by atoms with Crippen LogP contribution in [0.4, 0.5) is 0 Å². The van der Waals surface area contributed by atoms with Gasteiger partial charge in [0.2, 0.25) is 35.4 Å². The third-order valence-corrected chi connectivity index (χ3v) is 15.8. The molecule has 414 valence electrons. The third kappa shape index (κ3) is 15.4. The molecule has 0 spiro atoms. The fourth-order valence-corrected chi connectivity index (χ4v) is 11.1. The summed E-state index contributed by atoms with van der Waals surface area (Å²) in [4.78, 5) is 117. The zero-order chi connectivity index (χ0) is 55.1. The molecule has 0 bridgehead atoms. The number of carbonyl (C=O) groups excluding carboxylic acids is 7. The number of fused-ring (bicyclic) bond motifs is 1. The Balaban J connectivity index is 1.37. The number of methoxy groups -OCH3 is 2. The van der Waals surface area contributed by atoms with Crippen molar-refractivity contribution in [1.29, 1.82) is 0 Å². The molecule has 6 amide bonds. The lowest BCUT2D eigenvalue weighted by Crippen LogP contribution is -2.60. The normalized spacial score (nSPS) is 19.8. The highest BCUT2D eigenvalue weighted by atomic mass is 32.1. The number of carboxylic acids is 1. The number of ether oxygens (including phenoxy) is 2. The summed E-state index contributed by atoms with van der Waals surface area (Å²) in [7, 11) is 6.58. The van der Waals surface area contributed by atoms with Gasteiger partial charge in [-0.15, -0.1) is 0 Å². The molecule has 6 N–H and O–H groups in total. The Hall–Kier alpha value is -4.89. The van der Waals surface area contributed by atoms with E-state index in [0.717, 1.165) is 40.6 Å². The molecular weight excluding hydrogens is 969 g/mol. The van der Waals surface area contributed by atoms with Gasteiger partial charge >= 0.3 is 5.97 Å². The molecule has 1 aromatic heterocycles. The molecule has 0 aliphatic carbocycles. The number of carbonyl (C=O) groups is 8. The van der Waals surface area contributed by atoms with Crippen molar-refractivity contribution in [2.45, 2.75) is 161 Å². The summed E-state index contributed by atoms with van der Waals surface area (Å²) in [5, 5.41) is 16.8. The second-order valence-corrected chi connectivity index (χ2v) is 21.6. The number of aromatic amines is 1. The van der Waals surface area contributed by atoms with Crippen molar-refractivity contribution in [2.75, 3.05) is 53.7 Å². The number of thiol groups is 1. The molecule has 11 atom stereocenters. The lowest BCUT2D eigenvalue weighted by molar-refractivity contribution is -0.148. The fourth-order valence-electron chi connectivity index (χ4n) is 10.9. The predicted octanol–water partition coefficient (Wildman–Crippen LogP) is 4.06. The van der Waals surface area contributed by atoms with Crippen LogP contribution >= 0.6 is 12.6 Å². The Kier molecular flexibility index (Phi) is 24.0. The molecule has 20 heteroatoms. The summed E-state index contributed by atoms with van der Waals surface area (Å²) >= 11 is 4.05. The number of carboxylic acid groups (broad SMARTS) is 1. The summed E-state index contributed by atoms with van der Waals surface area (Å²) in [5.74, 6) is -6.07. The highest BCUT2D eigenvalue weighted by molar-refractivity contribution is 7.80. The molecule has 2 saturated heterocycles. The van der Waals surface area contributed by atoms with Crippen LogP contribution in [0.3, 0.4) is 0 Å². The van der Waals surface area contributed by atoms with E-state index < -0.39 is 83.9 Å². The minimum absolute atomic E-state index is 0.0663. The number of Topliss-reactive ketones (excluding diaryl/α,β-unsaturated/α-hetero) is 1. The minimum Gasteiger partial charge on any atom is -0.480 e. The lowest BCUT2D eigenvalue weighted by atomic mass is 9.89. The quantitative estimate of drug-likeness (QED) is 0.0270. The zero-order valence-corrected chi connectivity index (χ0v) is 46.5. The van der Waals surface area contributed by atoms with Gasteiger partial charge in [-0.3, -0.25) is 43.4 Å². The van der Waals surface area contributed by atoms with Gasteiger partial charge in [-0.1, -0.05) is 85.9 Å². The number of hydrogen-bond donors (Lipinski definition) is 6. The van der Waals surface area contributed by atoms with Crippen LogP contribution in [0.1, 0.15) is 112 Å². The van der Waals surface area contributed by atoms with Gasteiger partial charge in [0.25, 0.3) is 0 Å². The van der Waals surface area contributed by atoms with Crippen LogP contribution in [-0.2, 0) is 54.3 Å². The van der Waals surface area contributed by atoms with Crippen LogP contribution in [0, 0.1) is 29.6 Å². The molecule has 0 saturated carbocycles. The van der Waals surface area contributed by atoms with Crippen LogP contribution in [0.5, 0.6) is 0 Å². The van der Waals surface area contributed by atoms with Gasteiger partial charge < -0.3 is 45.7 Å². The number of nitrogens with zero attached hydrogens (tertiary/aromatic N) is 4. The number of rotatable bonds is 31. The summed E-state index contributed by atoms with van der Waals surface area (Å²) in [6.45, 7) is 14.6. The van der Waals surface area contributed by atoms with Gasteiger partial charge in [0.05, 0.1) is 48.7 Å². The van der Waals surface area contributed by atoms with Crippen LogP contribution in [-0.4, -0.2) is 179 Å². The number of hydrogen-bond acceptors (Lipinski definition) is 13. The Morgan fingerprint density at radius 1 is 0.932 bits per heavy atom. The first kappa shape index (κ1) is 61.7. The van der Waals surface area contributed by atoms with Crippen molar-refractivity contribution in [3.63, 3.8) is 0 Å². The predicted molar refractivity (Wildman–Crippen MR) is 286 cm³/mol. The van der Waals surface area contributed by atoms with E-state index in [1.54, 1.807) is 30.0 Å². The number of nitrogens with two attached hydrogens (primary N) is 1. The maximum atomic E-state index is 14.7. The lowest BCUT2D eigenvalue weighted by Gasteiger charge is -2.41. The monoisotopic (exact) mass is 1050 g/mol. The van der Waals surface area contributed by atoms with Crippen molar-refractivity contribution in [2.24, 2.45) is 35.3 Å². The molecule has 1 aromatic carbocycles. The van der Waals surface area contributed by atoms with Crippen molar-refractivity contribution < 1.29 is 52.9 Å². The van der Waals surface area contributed by atoms with Crippen molar-refractivity contribution in [3.8, 4) is 0 Å². The number of likely N-dealkylation sites (tertiary alicyclic amines) is 2. The summed E-state index contributed by atoms with van der Waals surface area (Å²) < 4.78 is 12.0. The van der Waals surface area contributed by atoms with Gasteiger partial charge in [-0.25, -0.2) is 4.79 Å². The highest BCUT2D eigenvalue weighted by Crippen LogP contribution is 2.31. The number of likely N-dealkylation sites (N-methyl/N-ethyl adjacent to an activating group) is 2. The SMILES string of the molecule is CC[C@H](C)[C@@H]([C@@H](CC(=O)N1CCC[C@H]1[C@H](OC)[C@@H](C)C(=O)N[C@@H](Cc1c[nH]c2ccccc12)C(=O)O)OC)N(C)C(=O)[C@@H](NC(=O)[C@H](C(C)C)N(C)CCCCCCN1C(=O)CC(C(=O)[C@@H](N)CS)C1=O)C(C)C. The Morgan fingerprint density at radius 3 is 2.22 bits per heavy atom. The molecule has 4 rings (SSSR count). The Labute approximate surface area is 443 Å². The number of amides is 6. The second kappa shape index (κ2) is 28.9. The number of para-hydroxylation sites is 1. The first-order valence-corrected chi connectivity index (χ1v) is 27.1. The topological polar surface area (TPSA) is 254 Å².